The van der Waals surface area contributed by atoms with Crippen LogP contribution in [-0.4, -0.2) is 24.5 Å². The summed E-state index contributed by atoms with van der Waals surface area (Å²) in [7, 11) is 0. The van der Waals surface area contributed by atoms with Crippen molar-refractivity contribution in [3.05, 3.63) is 60.2 Å². The maximum atomic E-state index is 12.6. The Bertz CT molecular complexity index is 768. The highest BCUT2D eigenvalue weighted by Gasteiger charge is 2.16. The molecule has 0 atom stereocenters. The minimum atomic E-state index is -0.262. The van der Waals surface area contributed by atoms with E-state index in [9.17, 15) is 9.59 Å². The fourth-order valence-electron chi connectivity index (χ4n) is 3.51. The molecule has 5 heteroatoms. The third-order valence-electron chi connectivity index (χ3n) is 4.99. The Labute approximate surface area is 166 Å². The molecular formula is C23H28N2O3. The quantitative estimate of drug-likeness (QED) is 0.773. The molecule has 0 heterocycles. The number of carbonyl (C=O) groups excluding carboxylic acids is 2. The summed E-state index contributed by atoms with van der Waals surface area (Å²) in [5.41, 5.74) is 1.12. The number of rotatable bonds is 6. The van der Waals surface area contributed by atoms with Gasteiger partial charge in [-0.05, 0) is 37.1 Å². The lowest BCUT2D eigenvalue weighted by Crippen LogP contribution is -2.38. The predicted molar refractivity (Wildman–Crippen MR) is 111 cm³/mol. The van der Waals surface area contributed by atoms with Crippen molar-refractivity contribution in [2.75, 3.05) is 11.9 Å². The van der Waals surface area contributed by atoms with Gasteiger partial charge < -0.3 is 15.4 Å². The number of anilines is 1. The maximum Gasteiger partial charge on any atom is 0.259 e. The van der Waals surface area contributed by atoms with Gasteiger partial charge in [-0.3, -0.25) is 9.59 Å². The third-order valence-corrected chi connectivity index (χ3v) is 4.99. The van der Waals surface area contributed by atoms with Gasteiger partial charge in [0.15, 0.2) is 6.61 Å². The number of hydrogen-bond donors (Lipinski definition) is 2. The van der Waals surface area contributed by atoms with Crippen LogP contribution in [0.1, 0.15) is 55.3 Å². The van der Waals surface area contributed by atoms with E-state index in [1.54, 1.807) is 24.3 Å². The van der Waals surface area contributed by atoms with E-state index in [1.165, 1.54) is 19.3 Å². The van der Waals surface area contributed by atoms with Crippen molar-refractivity contribution in [2.24, 2.45) is 0 Å². The number of benzene rings is 2. The van der Waals surface area contributed by atoms with E-state index in [0.717, 1.165) is 25.7 Å². The Kier molecular flexibility index (Phi) is 7.47. The van der Waals surface area contributed by atoms with Gasteiger partial charge in [0.2, 0.25) is 0 Å². The van der Waals surface area contributed by atoms with Crippen LogP contribution in [0.15, 0.2) is 54.6 Å². The van der Waals surface area contributed by atoms with E-state index >= 15 is 0 Å². The molecule has 1 aliphatic rings. The number of nitrogens with one attached hydrogen (secondary N) is 2. The minimum Gasteiger partial charge on any atom is -0.483 e. The zero-order chi connectivity index (χ0) is 19.6. The van der Waals surface area contributed by atoms with Gasteiger partial charge in [0.25, 0.3) is 11.8 Å². The molecule has 5 nitrogen and oxygen atoms in total. The molecule has 2 amide bonds. The first-order chi connectivity index (χ1) is 13.7. The second kappa shape index (κ2) is 10.5. The van der Waals surface area contributed by atoms with Crippen molar-refractivity contribution in [3.63, 3.8) is 0 Å². The van der Waals surface area contributed by atoms with Crippen LogP contribution >= 0.6 is 0 Å². The highest BCUT2D eigenvalue weighted by Crippen LogP contribution is 2.20. The second-order valence-electron chi connectivity index (χ2n) is 7.21. The Balaban J connectivity index is 1.55. The van der Waals surface area contributed by atoms with Crippen molar-refractivity contribution in [1.82, 2.24) is 5.32 Å². The Morgan fingerprint density at radius 3 is 2.25 bits per heavy atom. The number of carbonyl (C=O) groups is 2. The van der Waals surface area contributed by atoms with Crippen LogP contribution in [0.2, 0.25) is 0 Å². The fourth-order valence-corrected chi connectivity index (χ4v) is 3.51. The molecule has 0 bridgehead atoms. The van der Waals surface area contributed by atoms with Crippen LogP contribution in [0.3, 0.4) is 0 Å². The number of hydrogen-bond acceptors (Lipinski definition) is 3. The monoisotopic (exact) mass is 380 g/mol. The normalized spacial score (nSPS) is 15.1. The van der Waals surface area contributed by atoms with Crippen molar-refractivity contribution < 1.29 is 14.3 Å². The van der Waals surface area contributed by atoms with Crippen LogP contribution in [0.25, 0.3) is 0 Å². The molecule has 0 unspecified atom stereocenters. The lowest BCUT2D eigenvalue weighted by molar-refractivity contribution is -0.123. The Morgan fingerprint density at radius 2 is 1.50 bits per heavy atom. The second-order valence-corrected chi connectivity index (χ2v) is 7.21. The number of amides is 2. The lowest BCUT2D eigenvalue weighted by Gasteiger charge is -2.21. The van der Waals surface area contributed by atoms with Gasteiger partial charge in [0.05, 0.1) is 5.56 Å². The molecule has 2 aromatic carbocycles. The first-order valence-electron chi connectivity index (χ1n) is 10.1. The average molecular weight is 380 g/mol. The highest BCUT2D eigenvalue weighted by atomic mass is 16.5. The third kappa shape index (κ3) is 6.12. The summed E-state index contributed by atoms with van der Waals surface area (Å²) >= 11 is 0. The largest absolute Gasteiger partial charge is 0.483 e. The molecule has 28 heavy (non-hydrogen) atoms. The van der Waals surface area contributed by atoms with Crippen LogP contribution in [-0.2, 0) is 4.79 Å². The van der Waals surface area contributed by atoms with E-state index in [4.69, 9.17) is 4.74 Å². The van der Waals surface area contributed by atoms with E-state index in [2.05, 4.69) is 10.6 Å². The summed E-state index contributed by atoms with van der Waals surface area (Å²) < 4.78 is 5.68. The smallest absolute Gasteiger partial charge is 0.259 e. The van der Waals surface area contributed by atoms with Crippen molar-refractivity contribution in [1.29, 1.82) is 0 Å². The number of para-hydroxylation sites is 2. The van der Waals surface area contributed by atoms with Gasteiger partial charge in [-0.2, -0.15) is 0 Å². The zero-order valence-corrected chi connectivity index (χ0v) is 16.2. The summed E-state index contributed by atoms with van der Waals surface area (Å²) in [5, 5.41) is 5.93. The highest BCUT2D eigenvalue weighted by molar-refractivity contribution is 6.06. The van der Waals surface area contributed by atoms with Gasteiger partial charge in [-0.15, -0.1) is 0 Å². The van der Waals surface area contributed by atoms with Crippen LogP contribution < -0.4 is 15.4 Å². The first kappa shape index (κ1) is 19.9. The number of ether oxygens (including phenoxy) is 1. The molecule has 2 aromatic rings. The molecule has 2 N–H and O–H groups in total. The summed E-state index contributed by atoms with van der Waals surface area (Å²) in [6, 6.07) is 16.5. The Morgan fingerprint density at radius 1 is 0.857 bits per heavy atom. The molecule has 0 radical (unpaired) electrons. The average Bonchev–Trinajstić information content (AvgIpc) is 2.69. The van der Waals surface area contributed by atoms with Gasteiger partial charge >= 0.3 is 0 Å². The van der Waals surface area contributed by atoms with Gasteiger partial charge in [-0.1, -0.05) is 62.4 Å². The molecule has 1 fully saturated rings. The van der Waals surface area contributed by atoms with Crippen LogP contribution in [0, 0.1) is 0 Å². The standard InChI is InChI=1S/C23H28N2O3/c26-22(24-18-11-5-2-1-3-6-12-18)17-28-21-16-10-9-15-20(21)23(27)25-19-13-7-4-8-14-19/h4,7-10,13-16,18H,1-3,5-6,11-12,17H2,(H,24,26)(H,25,27). The van der Waals surface area contributed by atoms with E-state index < -0.39 is 0 Å². The van der Waals surface area contributed by atoms with Crippen LogP contribution in [0.5, 0.6) is 5.75 Å². The lowest BCUT2D eigenvalue weighted by atomic mass is 9.97. The molecule has 0 saturated heterocycles. The van der Waals surface area contributed by atoms with Crippen molar-refractivity contribution in [2.45, 2.75) is 51.0 Å². The van der Waals surface area contributed by atoms with Gasteiger partial charge in [0, 0.05) is 11.7 Å². The molecule has 0 aliphatic heterocycles. The van der Waals surface area contributed by atoms with E-state index in [1.807, 2.05) is 30.3 Å². The molecule has 1 saturated carbocycles. The minimum absolute atomic E-state index is 0.0911. The molecule has 148 valence electrons. The van der Waals surface area contributed by atoms with Crippen LogP contribution in [0.4, 0.5) is 5.69 Å². The van der Waals surface area contributed by atoms with E-state index in [-0.39, 0.29) is 24.5 Å². The zero-order valence-electron chi connectivity index (χ0n) is 16.2. The summed E-state index contributed by atoms with van der Waals surface area (Å²) in [6.07, 6.45) is 8.16. The van der Waals surface area contributed by atoms with Crippen molar-refractivity contribution in [3.8, 4) is 5.75 Å². The Hall–Kier alpha value is -2.82. The fraction of sp³-hybridized carbons (Fsp3) is 0.391. The van der Waals surface area contributed by atoms with Crippen molar-refractivity contribution >= 4 is 17.5 Å². The predicted octanol–water partition coefficient (Wildman–Crippen LogP) is 4.55. The summed E-state index contributed by atoms with van der Waals surface area (Å²) in [4.78, 5) is 24.9. The molecule has 3 rings (SSSR count). The SMILES string of the molecule is O=C(COc1ccccc1C(=O)Nc1ccccc1)NC1CCCCCCC1. The first-order valence-corrected chi connectivity index (χ1v) is 10.1. The summed E-state index contributed by atoms with van der Waals surface area (Å²) in [5.74, 6) is 0.00909. The van der Waals surface area contributed by atoms with Gasteiger partial charge in [-0.25, -0.2) is 0 Å². The molecule has 1 aliphatic carbocycles. The maximum absolute atomic E-state index is 12.6. The molecule has 0 spiro atoms. The summed E-state index contributed by atoms with van der Waals surface area (Å²) in [6.45, 7) is -0.0911. The van der Waals surface area contributed by atoms with E-state index in [0.29, 0.717) is 17.0 Å². The molecule has 0 aromatic heterocycles. The molecular weight excluding hydrogens is 352 g/mol. The van der Waals surface area contributed by atoms with Gasteiger partial charge in [0.1, 0.15) is 5.75 Å². The topological polar surface area (TPSA) is 67.4 Å².